The van der Waals surface area contributed by atoms with E-state index in [1.165, 1.54) is 13.2 Å². The summed E-state index contributed by atoms with van der Waals surface area (Å²) in [5.41, 5.74) is 1.01. The number of halogens is 2. The minimum Gasteiger partial charge on any atom is -0.496 e. The van der Waals surface area contributed by atoms with Crippen molar-refractivity contribution in [3.05, 3.63) is 69.2 Å². The first kappa shape index (κ1) is 22.1. The van der Waals surface area contributed by atoms with E-state index in [0.717, 1.165) is 0 Å². The molecule has 1 fully saturated rings. The molecule has 0 unspecified atom stereocenters. The van der Waals surface area contributed by atoms with E-state index >= 15 is 0 Å². The van der Waals surface area contributed by atoms with Crippen LogP contribution in [0, 0.1) is 0 Å². The van der Waals surface area contributed by atoms with Crippen LogP contribution in [0.15, 0.2) is 48.0 Å². The summed E-state index contributed by atoms with van der Waals surface area (Å²) in [6.45, 7) is -0.723. The van der Waals surface area contributed by atoms with E-state index in [9.17, 15) is 18.0 Å². The van der Waals surface area contributed by atoms with E-state index in [1.54, 1.807) is 42.5 Å². The minimum atomic E-state index is -4.12. The second kappa shape index (κ2) is 9.07. The van der Waals surface area contributed by atoms with E-state index in [2.05, 4.69) is 5.32 Å². The molecule has 1 aliphatic rings. The second-order valence-corrected chi connectivity index (χ2v) is 9.29. The molecule has 2 aromatic rings. The maximum Gasteiger partial charge on any atom is 0.265 e. The van der Waals surface area contributed by atoms with E-state index in [-0.39, 0.29) is 12.1 Å². The van der Waals surface area contributed by atoms with Crippen LogP contribution in [0.5, 0.6) is 5.75 Å². The molecule has 0 bridgehead atoms. The highest BCUT2D eigenvalue weighted by molar-refractivity contribution is 7.88. The van der Waals surface area contributed by atoms with Crippen LogP contribution in [0.2, 0.25) is 10.0 Å². The number of benzene rings is 2. The molecule has 10 heteroatoms. The van der Waals surface area contributed by atoms with Gasteiger partial charge in [0.2, 0.25) is 15.9 Å². The van der Waals surface area contributed by atoms with Gasteiger partial charge in [-0.15, -0.1) is 0 Å². The highest BCUT2D eigenvalue weighted by Crippen LogP contribution is 2.26. The number of sulfonamides is 1. The molecule has 2 aromatic carbocycles. The Morgan fingerprint density at radius 1 is 1.10 bits per heavy atom. The van der Waals surface area contributed by atoms with Crippen LogP contribution >= 0.6 is 23.2 Å². The normalized spacial score (nSPS) is 16.4. The second-order valence-electron chi connectivity index (χ2n) is 6.53. The largest absolute Gasteiger partial charge is 0.496 e. The molecule has 2 amide bonds. The summed E-state index contributed by atoms with van der Waals surface area (Å²) in [5, 5.41) is 3.42. The lowest BCUT2D eigenvalue weighted by Gasteiger charge is -2.20. The summed E-state index contributed by atoms with van der Waals surface area (Å²) in [4.78, 5) is 25.2. The number of nitrogens with zero attached hydrogens (tertiary/aromatic N) is 1. The maximum atomic E-state index is 13.1. The Bertz CT molecular complexity index is 1110. The predicted molar refractivity (Wildman–Crippen MR) is 115 cm³/mol. The standard InChI is InChI=1S/C20H18Cl2N2O5S/c1-29-18-7-6-17(22)9-14(18)8-15-10-23-19(25)11-24(20(15)26)30(27,28)12-13-2-4-16(21)5-3-13/h2-9H,10-12H2,1H3,(H,23,25)/b15-8+. The van der Waals surface area contributed by atoms with Crippen LogP contribution in [0.4, 0.5) is 0 Å². The molecule has 0 atom stereocenters. The van der Waals surface area contributed by atoms with E-state index in [1.807, 2.05) is 0 Å². The monoisotopic (exact) mass is 468 g/mol. The van der Waals surface area contributed by atoms with Crippen molar-refractivity contribution < 1.29 is 22.7 Å². The van der Waals surface area contributed by atoms with Gasteiger partial charge >= 0.3 is 0 Å². The fourth-order valence-corrected chi connectivity index (χ4v) is 4.66. The zero-order chi connectivity index (χ0) is 21.9. The summed E-state index contributed by atoms with van der Waals surface area (Å²) in [7, 11) is -2.66. The number of methoxy groups -OCH3 is 1. The Morgan fingerprint density at radius 2 is 1.77 bits per heavy atom. The lowest BCUT2D eigenvalue weighted by atomic mass is 10.1. The van der Waals surface area contributed by atoms with E-state index < -0.39 is 34.1 Å². The van der Waals surface area contributed by atoms with Crippen molar-refractivity contribution in [3.8, 4) is 5.75 Å². The number of hydrogen-bond donors (Lipinski definition) is 1. The van der Waals surface area contributed by atoms with Gasteiger partial charge in [0.1, 0.15) is 12.3 Å². The van der Waals surface area contributed by atoms with Crippen LogP contribution in [0.3, 0.4) is 0 Å². The molecular formula is C20H18Cl2N2O5S. The average Bonchev–Trinajstić information content (AvgIpc) is 2.84. The summed E-state index contributed by atoms with van der Waals surface area (Å²) >= 11 is 11.9. The number of carbonyl (C=O) groups is 2. The fraction of sp³-hybridized carbons (Fsp3) is 0.200. The number of amides is 2. The van der Waals surface area contributed by atoms with Crippen LogP contribution < -0.4 is 10.1 Å². The lowest BCUT2D eigenvalue weighted by molar-refractivity contribution is -0.127. The van der Waals surface area contributed by atoms with Crippen molar-refractivity contribution in [1.29, 1.82) is 0 Å². The maximum absolute atomic E-state index is 13.1. The molecule has 1 aliphatic heterocycles. The molecule has 7 nitrogen and oxygen atoms in total. The smallest absolute Gasteiger partial charge is 0.265 e. The molecule has 30 heavy (non-hydrogen) atoms. The van der Waals surface area contributed by atoms with Gasteiger partial charge in [0.25, 0.3) is 5.91 Å². The Morgan fingerprint density at radius 3 is 2.43 bits per heavy atom. The number of hydrogen-bond acceptors (Lipinski definition) is 5. The molecule has 158 valence electrons. The molecule has 0 radical (unpaired) electrons. The first-order valence-corrected chi connectivity index (χ1v) is 11.2. The minimum absolute atomic E-state index is 0.0843. The Hall–Kier alpha value is -2.55. The third kappa shape index (κ3) is 5.13. The van der Waals surface area contributed by atoms with Gasteiger partial charge in [0.05, 0.1) is 12.9 Å². The topological polar surface area (TPSA) is 92.8 Å². The van der Waals surface area contributed by atoms with Crippen molar-refractivity contribution in [2.75, 3.05) is 20.2 Å². The van der Waals surface area contributed by atoms with Gasteiger partial charge in [0.15, 0.2) is 0 Å². The summed E-state index contributed by atoms with van der Waals surface area (Å²) in [6, 6.07) is 11.1. The summed E-state index contributed by atoms with van der Waals surface area (Å²) < 4.78 is 31.7. The summed E-state index contributed by atoms with van der Waals surface area (Å²) in [6.07, 6.45) is 1.46. The first-order valence-electron chi connectivity index (χ1n) is 8.79. The van der Waals surface area contributed by atoms with Crippen molar-refractivity contribution >= 4 is 51.1 Å². The Labute approximate surface area is 184 Å². The molecule has 0 aliphatic carbocycles. The van der Waals surface area contributed by atoms with Gasteiger partial charge in [-0.25, -0.2) is 12.7 Å². The zero-order valence-corrected chi connectivity index (χ0v) is 18.2. The van der Waals surface area contributed by atoms with Crippen molar-refractivity contribution in [3.63, 3.8) is 0 Å². The van der Waals surface area contributed by atoms with Crippen LogP contribution in [-0.4, -0.2) is 44.7 Å². The number of ether oxygens (including phenoxy) is 1. The van der Waals surface area contributed by atoms with Gasteiger partial charge < -0.3 is 10.1 Å². The van der Waals surface area contributed by atoms with Crippen molar-refractivity contribution in [1.82, 2.24) is 9.62 Å². The van der Waals surface area contributed by atoms with Crippen LogP contribution in [0.1, 0.15) is 11.1 Å². The van der Waals surface area contributed by atoms with Crippen LogP contribution in [-0.2, 0) is 25.4 Å². The SMILES string of the molecule is COc1ccc(Cl)cc1/C=C1\CNC(=O)CN(S(=O)(=O)Cc2ccc(Cl)cc2)C1=O. The van der Waals surface area contributed by atoms with Crippen LogP contribution in [0.25, 0.3) is 6.08 Å². The highest BCUT2D eigenvalue weighted by atomic mass is 35.5. The Balaban J connectivity index is 1.97. The highest BCUT2D eigenvalue weighted by Gasteiger charge is 2.34. The molecule has 1 saturated heterocycles. The third-order valence-corrected chi connectivity index (χ3v) is 6.54. The van der Waals surface area contributed by atoms with Gasteiger partial charge in [0, 0.05) is 27.7 Å². The average molecular weight is 469 g/mol. The van der Waals surface area contributed by atoms with E-state index in [0.29, 0.717) is 31.2 Å². The molecule has 0 aromatic heterocycles. The number of rotatable bonds is 5. The molecule has 0 saturated carbocycles. The quantitative estimate of drug-likeness (QED) is 0.680. The molecule has 1 heterocycles. The van der Waals surface area contributed by atoms with Crippen molar-refractivity contribution in [2.45, 2.75) is 5.75 Å². The molecule has 1 N–H and O–H groups in total. The third-order valence-electron chi connectivity index (χ3n) is 4.38. The first-order chi connectivity index (χ1) is 14.2. The molecular weight excluding hydrogens is 451 g/mol. The van der Waals surface area contributed by atoms with Gasteiger partial charge in [-0.05, 0) is 42.0 Å². The van der Waals surface area contributed by atoms with E-state index in [4.69, 9.17) is 27.9 Å². The molecule has 3 rings (SSSR count). The molecule has 0 spiro atoms. The Kier molecular flexibility index (Phi) is 6.70. The van der Waals surface area contributed by atoms with Gasteiger partial charge in [-0.2, -0.15) is 0 Å². The lowest BCUT2D eigenvalue weighted by Crippen LogP contribution is -2.41. The predicted octanol–water partition coefficient (Wildman–Crippen LogP) is 2.87. The van der Waals surface area contributed by atoms with Gasteiger partial charge in [-0.1, -0.05) is 35.3 Å². The zero-order valence-electron chi connectivity index (χ0n) is 15.9. The van der Waals surface area contributed by atoms with Gasteiger partial charge in [-0.3, -0.25) is 9.59 Å². The summed E-state index contributed by atoms with van der Waals surface area (Å²) in [5.74, 6) is -1.36. The number of carbonyl (C=O) groups excluding carboxylic acids is 2. The van der Waals surface area contributed by atoms with Crippen molar-refractivity contribution in [2.24, 2.45) is 0 Å². The fourth-order valence-electron chi connectivity index (χ4n) is 2.90. The number of nitrogens with one attached hydrogen (secondary N) is 1.